The van der Waals surface area contributed by atoms with Crippen LogP contribution in [0.5, 0.6) is 0 Å². The van der Waals surface area contributed by atoms with E-state index >= 15 is 0 Å². The predicted molar refractivity (Wildman–Crippen MR) is 93.1 cm³/mol. The molecule has 0 bridgehead atoms. The maximum atomic E-state index is 12.9. The van der Waals surface area contributed by atoms with Crippen molar-refractivity contribution in [2.24, 2.45) is 16.7 Å². The lowest BCUT2D eigenvalue weighted by Crippen LogP contribution is -2.51. The van der Waals surface area contributed by atoms with Gasteiger partial charge in [-0.2, -0.15) is 5.26 Å². The fourth-order valence-corrected chi connectivity index (χ4v) is 5.63. The first-order valence-electron chi connectivity index (χ1n) is 10.1. The third kappa shape index (κ3) is 2.47. The average molecular weight is 329 g/mol. The number of hydrogen-bond acceptors (Lipinski definition) is 3. The second-order valence-corrected chi connectivity index (χ2v) is 8.93. The van der Waals surface area contributed by atoms with E-state index in [0.29, 0.717) is 5.92 Å². The van der Waals surface area contributed by atoms with Crippen LogP contribution in [0.2, 0.25) is 0 Å². The fourth-order valence-electron chi connectivity index (χ4n) is 5.63. The molecule has 0 unspecified atom stereocenters. The molecule has 4 fully saturated rings. The van der Waals surface area contributed by atoms with E-state index in [4.69, 9.17) is 0 Å². The Morgan fingerprint density at radius 2 is 1.96 bits per heavy atom. The highest BCUT2D eigenvalue weighted by atomic mass is 16.2. The summed E-state index contributed by atoms with van der Waals surface area (Å²) >= 11 is 0. The molecule has 4 rings (SSSR count). The van der Waals surface area contributed by atoms with Crippen molar-refractivity contribution in [1.82, 2.24) is 10.2 Å². The van der Waals surface area contributed by atoms with Crippen LogP contribution in [-0.2, 0) is 4.79 Å². The third-order valence-electron chi connectivity index (χ3n) is 7.67. The van der Waals surface area contributed by atoms with Crippen LogP contribution in [-0.4, -0.2) is 36.0 Å². The van der Waals surface area contributed by atoms with Gasteiger partial charge in [-0.3, -0.25) is 4.79 Å². The number of hydrogen-bond donors (Lipinski definition) is 1. The second kappa shape index (κ2) is 6.02. The van der Waals surface area contributed by atoms with Gasteiger partial charge in [-0.1, -0.05) is 19.3 Å². The number of carbonyl (C=O) groups excluding carboxylic acids is 1. The van der Waals surface area contributed by atoms with Gasteiger partial charge < -0.3 is 10.2 Å². The zero-order valence-corrected chi connectivity index (χ0v) is 15.0. The maximum absolute atomic E-state index is 12.9. The van der Waals surface area contributed by atoms with Crippen molar-refractivity contribution in [3.05, 3.63) is 0 Å². The molecule has 0 aromatic carbocycles. The number of nitrogens with one attached hydrogen (secondary N) is 1. The molecule has 1 amide bonds. The van der Waals surface area contributed by atoms with Crippen LogP contribution in [0, 0.1) is 28.1 Å². The molecule has 1 heterocycles. The van der Waals surface area contributed by atoms with E-state index in [9.17, 15) is 10.1 Å². The van der Waals surface area contributed by atoms with Gasteiger partial charge in [0.05, 0.1) is 6.07 Å². The van der Waals surface area contributed by atoms with E-state index in [1.807, 2.05) is 0 Å². The van der Waals surface area contributed by atoms with E-state index in [1.54, 1.807) is 0 Å². The van der Waals surface area contributed by atoms with Crippen LogP contribution in [0.1, 0.15) is 71.1 Å². The minimum atomic E-state index is -0.708. The summed E-state index contributed by atoms with van der Waals surface area (Å²) in [6.45, 7) is 4.51. The van der Waals surface area contributed by atoms with Gasteiger partial charge in [0, 0.05) is 24.0 Å². The van der Waals surface area contributed by atoms with Crippen LogP contribution >= 0.6 is 0 Å². The standard InChI is InChI=1S/C20H31N3O/c1-15(16-6-5-11-23(12-16)17-7-4-8-17)22-18(24)20(14-21)13-19(20)9-2-3-10-19/h15-17H,2-13H2,1H3,(H,22,24)/t15-,16+,20+/m0/s1. The lowest BCUT2D eigenvalue weighted by molar-refractivity contribution is -0.126. The Balaban J connectivity index is 1.36. The Morgan fingerprint density at radius 3 is 2.58 bits per heavy atom. The quantitative estimate of drug-likeness (QED) is 0.861. The van der Waals surface area contributed by atoms with Crippen LogP contribution in [0.3, 0.4) is 0 Å². The lowest BCUT2D eigenvalue weighted by Gasteiger charge is -2.44. The number of rotatable bonds is 4. The zero-order chi connectivity index (χ0) is 16.8. The van der Waals surface area contributed by atoms with E-state index in [2.05, 4.69) is 23.2 Å². The minimum absolute atomic E-state index is 0.0239. The Hall–Kier alpha value is -1.08. The molecule has 4 nitrogen and oxygen atoms in total. The van der Waals surface area contributed by atoms with Gasteiger partial charge in [0.1, 0.15) is 5.41 Å². The number of piperidine rings is 1. The lowest BCUT2D eigenvalue weighted by atomic mass is 9.85. The molecular formula is C20H31N3O. The monoisotopic (exact) mass is 329 g/mol. The number of amides is 1. The highest BCUT2D eigenvalue weighted by molar-refractivity contribution is 5.90. The maximum Gasteiger partial charge on any atom is 0.241 e. The summed E-state index contributed by atoms with van der Waals surface area (Å²) in [5.41, 5.74) is -0.684. The number of likely N-dealkylation sites (tertiary alicyclic amines) is 1. The average Bonchev–Trinajstić information content (AvgIpc) is 2.92. The molecule has 1 aliphatic heterocycles. The Kier molecular flexibility index (Phi) is 4.11. The largest absolute Gasteiger partial charge is 0.352 e. The number of nitrogens with zero attached hydrogens (tertiary/aromatic N) is 2. The molecule has 132 valence electrons. The Morgan fingerprint density at radius 1 is 1.21 bits per heavy atom. The summed E-state index contributed by atoms with van der Waals surface area (Å²) in [4.78, 5) is 15.6. The smallest absolute Gasteiger partial charge is 0.241 e. The van der Waals surface area contributed by atoms with Gasteiger partial charge in [-0.25, -0.2) is 0 Å². The van der Waals surface area contributed by atoms with E-state index in [1.165, 1.54) is 51.5 Å². The van der Waals surface area contributed by atoms with Crippen LogP contribution in [0.15, 0.2) is 0 Å². The summed E-state index contributed by atoms with van der Waals surface area (Å²) in [6, 6.07) is 3.40. The molecule has 3 atom stereocenters. The van der Waals surface area contributed by atoms with E-state index < -0.39 is 5.41 Å². The van der Waals surface area contributed by atoms with Gasteiger partial charge in [-0.05, 0) is 64.3 Å². The molecule has 3 aliphatic carbocycles. The van der Waals surface area contributed by atoms with Crippen molar-refractivity contribution < 1.29 is 4.79 Å². The second-order valence-electron chi connectivity index (χ2n) is 8.93. The van der Waals surface area contributed by atoms with Crippen molar-refractivity contribution in [3.63, 3.8) is 0 Å². The molecule has 4 aliphatic rings. The highest BCUT2D eigenvalue weighted by Gasteiger charge is 2.72. The van der Waals surface area contributed by atoms with E-state index in [0.717, 1.165) is 31.8 Å². The number of carbonyl (C=O) groups is 1. The first kappa shape index (κ1) is 16.4. The van der Waals surface area contributed by atoms with Crippen molar-refractivity contribution in [2.75, 3.05) is 13.1 Å². The molecule has 0 aromatic heterocycles. The zero-order valence-electron chi connectivity index (χ0n) is 15.0. The highest BCUT2D eigenvalue weighted by Crippen LogP contribution is 2.71. The van der Waals surface area contributed by atoms with E-state index in [-0.39, 0.29) is 17.4 Å². The summed E-state index contributed by atoms with van der Waals surface area (Å²) in [5, 5.41) is 13.0. The molecule has 1 spiro atoms. The Labute approximate surface area is 146 Å². The molecular weight excluding hydrogens is 298 g/mol. The van der Waals surface area contributed by atoms with Crippen LogP contribution in [0.25, 0.3) is 0 Å². The molecule has 3 saturated carbocycles. The van der Waals surface area contributed by atoms with Gasteiger partial charge in [0.15, 0.2) is 0 Å². The fraction of sp³-hybridized carbons (Fsp3) is 0.900. The minimum Gasteiger partial charge on any atom is -0.352 e. The molecule has 4 heteroatoms. The van der Waals surface area contributed by atoms with Crippen molar-refractivity contribution >= 4 is 5.91 Å². The first-order valence-corrected chi connectivity index (χ1v) is 10.1. The molecule has 1 saturated heterocycles. The summed E-state index contributed by atoms with van der Waals surface area (Å²) in [7, 11) is 0. The van der Waals surface area contributed by atoms with Crippen molar-refractivity contribution in [1.29, 1.82) is 5.26 Å². The third-order valence-corrected chi connectivity index (χ3v) is 7.67. The topological polar surface area (TPSA) is 56.1 Å². The van der Waals surface area contributed by atoms with Crippen molar-refractivity contribution in [3.8, 4) is 6.07 Å². The number of nitriles is 1. The molecule has 24 heavy (non-hydrogen) atoms. The van der Waals surface area contributed by atoms with Gasteiger partial charge in [0.2, 0.25) is 5.91 Å². The van der Waals surface area contributed by atoms with Gasteiger partial charge in [0.25, 0.3) is 0 Å². The molecule has 0 radical (unpaired) electrons. The first-order chi connectivity index (χ1) is 11.6. The Bertz CT molecular complexity index is 544. The summed E-state index contributed by atoms with van der Waals surface area (Å²) in [6.07, 6.45) is 11.9. The predicted octanol–water partition coefficient (Wildman–Crippen LogP) is 3.23. The van der Waals surface area contributed by atoms with Gasteiger partial charge >= 0.3 is 0 Å². The van der Waals surface area contributed by atoms with Gasteiger partial charge in [-0.15, -0.1) is 0 Å². The van der Waals surface area contributed by atoms with Crippen LogP contribution < -0.4 is 5.32 Å². The van der Waals surface area contributed by atoms with Crippen molar-refractivity contribution in [2.45, 2.75) is 83.2 Å². The molecule has 1 N–H and O–H groups in total. The van der Waals surface area contributed by atoms with Crippen LogP contribution in [0.4, 0.5) is 0 Å². The SMILES string of the molecule is C[C@H](NC(=O)[C@]1(C#N)CC12CCCC2)[C@@H]1CCCN(C2CCC2)C1. The molecule has 0 aromatic rings. The summed E-state index contributed by atoms with van der Waals surface area (Å²) < 4.78 is 0. The normalized spacial score (nSPS) is 36.8. The summed E-state index contributed by atoms with van der Waals surface area (Å²) in [5.74, 6) is 0.567.